The zero-order valence-electron chi connectivity index (χ0n) is 26.7. The number of carbonyl (C=O) groups is 2. The van der Waals surface area contributed by atoms with E-state index in [4.69, 9.17) is 14.0 Å². The van der Waals surface area contributed by atoms with E-state index in [1.54, 1.807) is 4.90 Å². The number of fused-ring (bicyclic) bond motifs is 3. The molecule has 228 valence electrons. The molecule has 2 aliphatic carbocycles. The third-order valence-electron chi connectivity index (χ3n) is 11.6. The molecule has 6 aliphatic rings. The van der Waals surface area contributed by atoms with Crippen LogP contribution < -0.4 is 10.4 Å². The first-order valence-corrected chi connectivity index (χ1v) is 16.2. The second-order valence-electron chi connectivity index (χ2n) is 16.0. The maximum atomic E-state index is 14.6. The molecule has 5 fully saturated rings. The van der Waals surface area contributed by atoms with Crippen LogP contribution in [0.25, 0.3) is 0 Å². The maximum Gasteiger partial charge on any atom is 0.494 e. The van der Waals surface area contributed by atoms with Crippen molar-refractivity contribution in [2.75, 3.05) is 24.5 Å². The Bertz CT molecular complexity index is 1280. The second kappa shape index (κ2) is 9.21. The van der Waals surface area contributed by atoms with Gasteiger partial charge in [0.15, 0.2) is 0 Å². The largest absolute Gasteiger partial charge is 0.494 e. The molecule has 3 saturated heterocycles. The molecule has 9 heteroatoms. The highest BCUT2D eigenvalue weighted by molar-refractivity contribution is 6.62. The highest BCUT2D eigenvalue weighted by Crippen LogP contribution is 2.54. The first-order chi connectivity index (χ1) is 19.6. The first kappa shape index (κ1) is 28.7. The summed E-state index contributed by atoms with van der Waals surface area (Å²) in [4.78, 5) is 34.1. The van der Waals surface area contributed by atoms with Gasteiger partial charge >= 0.3 is 13.2 Å². The Hall–Kier alpha value is -2.10. The van der Waals surface area contributed by atoms with E-state index in [1.807, 2.05) is 20.8 Å². The highest BCUT2D eigenvalue weighted by atomic mass is 16.7. The lowest BCUT2D eigenvalue weighted by Gasteiger charge is -2.47. The van der Waals surface area contributed by atoms with Gasteiger partial charge in [0, 0.05) is 43.4 Å². The topological polar surface area (TPSA) is 71.6 Å². The Kier molecular flexibility index (Phi) is 6.29. The lowest BCUT2D eigenvalue weighted by Crippen LogP contribution is -2.58. The number of hydrogen-bond acceptors (Lipinski definition) is 6. The van der Waals surface area contributed by atoms with E-state index in [0.717, 1.165) is 47.4 Å². The van der Waals surface area contributed by atoms with Crippen LogP contribution in [0.2, 0.25) is 0 Å². The van der Waals surface area contributed by atoms with Crippen LogP contribution in [0, 0.1) is 11.8 Å². The lowest BCUT2D eigenvalue weighted by molar-refractivity contribution is -0.126. The number of carbonyl (C=O) groups excluding carboxylic acids is 2. The lowest BCUT2D eigenvalue weighted by atomic mass is 9.71. The molecule has 4 heterocycles. The molecular formula is C33H48BN3O5. The van der Waals surface area contributed by atoms with E-state index in [-0.39, 0.29) is 18.0 Å². The van der Waals surface area contributed by atoms with Crippen LogP contribution in [0.15, 0.2) is 18.2 Å². The van der Waals surface area contributed by atoms with Crippen LogP contribution in [0.5, 0.6) is 0 Å². The SMILES string of the molecule is C[C@H]1CN(C2CC(N3C(=O)C4(CCN(C(=O)OC(C)(C)C)CC4)c4ccc(B5OC(C)(C)C(C)(C)O5)cc43)C2)[C@@H]2CC21. The average Bonchev–Trinajstić information content (AvgIpc) is 3.51. The van der Waals surface area contributed by atoms with Gasteiger partial charge < -0.3 is 23.8 Å². The molecule has 0 radical (unpaired) electrons. The van der Waals surface area contributed by atoms with Crippen molar-refractivity contribution in [3.05, 3.63) is 23.8 Å². The Labute approximate surface area is 251 Å². The summed E-state index contributed by atoms with van der Waals surface area (Å²) in [5.41, 5.74) is 1.04. The van der Waals surface area contributed by atoms with Gasteiger partial charge in [0.05, 0.1) is 16.6 Å². The van der Waals surface area contributed by atoms with E-state index >= 15 is 0 Å². The molecule has 2 saturated carbocycles. The molecule has 1 aromatic carbocycles. The second-order valence-corrected chi connectivity index (χ2v) is 16.0. The van der Waals surface area contributed by atoms with Gasteiger partial charge in [0.25, 0.3) is 0 Å². The molecule has 4 aliphatic heterocycles. The monoisotopic (exact) mass is 577 g/mol. The fraction of sp³-hybridized carbons (Fsp3) is 0.758. The number of likely N-dealkylation sites (tertiary alicyclic amines) is 2. The van der Waals surface area contributed by atoms with E-state index in [9.17, 15) is 9.59 Å². The first-order valence-electron chi connectivity index (χ1n) is 16.2. The number of amides is 2. The summed E-state index contributed by atoms with van der Waals surface area (Å²) in [6.07, 6.45) is 4.32. The number of ether oxygens (including phenoxy) is 1. The molecule has 1 aromatic rings. The Morgan fingerprint density at radius 1 is 1.00 bits per heavy atom. The molecule has 2 amide bonds. The van der Waals surface area contributed by atoms with Crippen molar-refractivity contribution in [2.24, 2.45) is 11.8 Å². The van der Waals surface area contributed by atoms with E-state index in [2.05, 4.69) is 62.6 Å². The number of piperidine rings is 2. The van der Waals surface area contributed by atoms with Gasteiger partial charge in [-0.1, -0.05) is 19.1 Å². The molecule has 8 nitrogen and oxygen atoms in total. The summed E-state index contributed by atoms with van der Waals surface area (Å²) in [5.74, 6) is 1.89. The molecular weight excluding hydrogens is 529 g/mol. The minimum atomic E-state index is -0.614. The fourth-order valence-electron chi connectivity index (χ4n) is 8.23. The minimum Gasteiger partial charge on any atom is -0.444 e. The maximum absolute atomic E-state index is 14.6. The zero-order valence-corrected chi connectivity index (χ0v) is 26.7. The van der Waals surface area contributed by atoms with E-state index in [0.29, 0.717) is 32.0 Å². The summed E-state index contributed by atoms with van der Waals surface area (Å²) in [7, 11) is -0.477. The van der Waals surface area contributed by atoms with Crippen molar-refractivity contribution >= 4 is 30.3 Å². The van der Waals surface area contributed by atoms with Crippen molar-refractivity contribution in [3.63, 3.8) is 0 Å². The van der Waals surface area contributed by atoms with Crippen LogP contribution in [0.1, 0.15) is 93.1 Å². The van der Waals surface area contributed by atoms with Crippen molar-refractivity contribution in [3.8, 4) is 0 Å². The van der Waals surface area contributed by atoms with Gasteiger partial charge in [-0.15, -0.1) is 0 Å². The summed E-state index contributed by atoms with van der Waals surface area (Å²) >= 11 is 0. The number of anilines is 1. The minimum absolute atomic E-state index is 0.200. The zero-order chi connectivity index (χ0) is 30.0. The van der Waals surface area contributed by atoms with Gasteiger partial charge in [-0.25, -0.2) is 4.79 Å². The van der Waals surface area contributed by atoms with Crippen LogP contribution >= 0.6 is 0 Å². The molecule has 0 bridgehead atoms. The van der Waals surface area contributed by atoms with Crippen molar-refractivity contribution < 1.29 is 23.6 Å². The normalized spacial score (nSPS) is 34.4. The van der Waals surface area contributed by atoms with Crippen LogP contribution in [0.3, 0.4) is 0 Å². The number of hydrogen-bond donors (Lipinski definition) is 0. The van der Waals surface area contributed by atoms with E-state index in [1.165, 1.54) is 13.0 Å². The Morgan fingerprint density at radius 3 is 2.19 bits per heavy atom. The number of rotatable bonds is 3. The smallest absolute Gasteiger partial charge is 0.444 e. The third kappa shape index (κ3) is 4.35. The predicted molar refractivity (Wildman–Crippen MR) is 163 cm³/mol. The van der Waals surface area contributed by atoms with Gasteiger partial charge in [-0.3, -0.25) is 9.69 Å². The van der Waals surface area contributed by atoms with Crippen LogP contribution in [-0.2, 0) is 24.3 Å². The summed E-state index contributed by atoms with van der Waals surface area (Å²) < 4.78 is 18.5. The van der Waals surface area contributed by atoms with Gasteiger partial charge in [0.1, 0.15) is 5.60 Å². The predicted octanol–water partition coefficient (Wildman–Crippen LogP) is 4.47. The molecule has 42 heavy (non-hydrogen) atoms. The number of benzene rings is 1. The molecule has 7 rings (SSSR count). The van der Waals surface area contributed by atoms with Crippen molar-refractivity contribution in [1.29, 1.82) is 0 Å². The van der Waals surface area contributed by atoms with Crippen molar-refractivity contribution in [2.45, 2.75) is 128 Å². The fourth-order valence-corrected chi connectivity index (χ4v) is 8.23. The summed E-state index contributed by atoms with van der Waals surface area (Å²) in [6, 6.07) is 7.93. The Balaban J connectivity index is 1.16. The van der Waals surface area contributed by atoms with Crippen LogP contribution in [-0.4, -0.2) is 83.5 Å². The molecule has 1 unspecified atom stereocenters. The summed E-state index contributed by atoms with van der Waals surface area (Å²) in [6.45, 7) is 18.6. The molecule has 3 atom stereocenters. The average molecular weight is 578 g/mol. The Morgan fingerprint density at radius 2 is 1.64 bits per heavy atom. The van der Waals surface area contributed by atoms with Crippen molar-refractivity contribution in [1.82, 2.24) is 9.80 Å². The highest BCUT2D eigenvalue weighted by Gasteiger charge is 2.59. The standard InChI is InChI=1S/C33H48BN3O5/c1-20-19-36(26-18-24(20)26)22-16-23(17-22)37-27-15-21(34-41-31(5,6)32(7,8)42-34)9-10-25(27)33(28(37)38)11-13-35(14-12-33)29(39)40-30(2,3)4/h9-10,15,20,22-24,26H,11-14,16-19H2,1-8H3/t20-,22?,23?,24?,26+/m0/s1. The van der Waals surface area contributed by atoms with Gasteiger partial charge in [-0.2, -0.15) is 0 Å². The quantitative estimate of drug-likeness (QED) is 0.494. The van der Waals surface area contributed by atoms with Gasteiger partial charge in [-0.05, 0) is 109 Å². The molecule has 1 spiro atoms. The van der Waals surface area contributed by atoms with Crippen LogP contribution in [0.4, 0.5) is 10.5 Å². The number of nitrogens with zero attached hydrogens (tertiary/aromatic N) is 3. The van der Waals surface area contributed by atoms with E-state index < -0.39 is 29.3 Å². The molecule has 0 aromatic heterocycles. The van der Waals surface area contributed by atoms with Gasteiger partial charge in [0.2, 0.25) is 5.91 Å². The summed E-state index contributed by atoms with van der Waals surface area (Å²) in [5, 5.41) is 0. The third-order valence-corrected chi connectivity index (χ3v) is 11.6. The molecule has 0 N–H and O–H groups in total.